The summed E-state index contributed by atoms with van der Waals surface area (Å²) in [5.41, 5.74) is 0.417. The molecule has 0 aromatic heterocycles. The van der Waals surface area contributed by atoms with Gasteiger partial charge < -0.3 is 28.4 Å². The van der Waals surface area contributed by atoms with E-state index in [2.05, 4.69) is 6.92 Å². The molecule has 0 atom stereocenters. The van der Waals surface area contributed by atoms with Crippen LogP contribution in [0.4, 0.5) is 0 Å². The molecule has 0 N–H and O–H groups in total. The van der Waals surface area contributed by atoms with Crippen molar-refractivity contribution in [3.63, 3.8) is 0 Å². The SMILES string of the molecule is CCCCCCCCCCCCOCCOCCOCCOc1cc(C(=O)OC)cc(C(=O)OC)c1. The molecule has 36 heavy (non-hydrogen) atoms. The molecule has 0 spiro atoms. The minimum atomic E-state index is -0.563. The molecule has 0 heterocycles. The molecule has 1 aromatic carbocycles. The lowest BCUT2D eigenvalue weighted by Gasteiger charge is -2.10. The van der Waals surface area contributed by atoms with Crippen LogP contribution in [0.2, 0.25) is 0 Å². The molecule has 206 valence electrons. The average Bonchev–Trinajstić information content (AvgIpc) is 2.90. The first-order chi connectivity index (χ1) is 17.6. The lowest BCUT2D eigenvalue weighted by molar-refractivity contribution is 0.00877. The first-order valence-corrected chi connectivity index (χ1v) is 13.3. The number of rotatable bonds is 23. The van der Waals surface area contributed by atoms with Crippen molar-refractivity contribution in [2.24, 2.45) is 0 Å². The van der Waals surface area contributed by atoms with Gasteiger partial charge in [-0.25, -0.2) is 9.59 Å². The third-order valence-electron chi connectivity index (χ3n) is 5.63. The van der Waals surface area contributed by atoms with Gasteiger partial charge in [0.05, 0.1) is 58.4 Å². The van der Waals surface area contributed by atoms with E-state index in [1.54, 1.807) is 0 Å². The molecule has 8 nitrogen and oxygen atoms in total. The van der Waals surface area contributed by atoms with Crippen LogP contribution in [0.15, 0.2) is 18.2 Å². The minimum Gasteiger partial charge on any atom is -0.491 e. The van der Waals surface area contributed by atoms with Crippen molar-refractivity contribution in [3.8, 4) is 5.75 Å². The van der Waals surface area contributed by atoms with Gasteiger partial charge >= 0.3 is 11.9 Å². The maximum atomic E-state index is 11.8. The zero-order chi connectivity index (χ0) is 26.3. The molecule has 0 unspecified atom stereocenters. The first-order valence-electron chi connectivity index (χ1n) is 13.3. The number of unbranched alkanes of at least 4 members (excludes halogenated alkanes) is 9. The van der Waals surface area contributed by atoms with Crippen molar-refractivity contribution in [2.75, 3.05) is 60.5 Å². The van der Waals surface area contributed by atoms with Crippen LogP contribution in [0.5, 0.6) is 5.75 Å². The van der Waals surface area contributed by atoms with Gasteiger partial charge in [0, 0.05) is 6.61 Å². The average molecular weight is 511 g/mol. The van der Waals surface area contributed by atoms with Gasteiger partial charge in [-0.15, -0.1) is 0 Å². The summed E-state index contributed by atoms with van der Waals surface area (Å²) in [6.07, 6.45) is 13.2. The molecular formula is C28H46O8. The van der Waals surface area contributed by atoms with E-state index in [1.807, 2.05) is 0 Å². The van der Waals surface area contributed by atoms with Crippen LogP contribution < -0.4 is 4.74 Å². The van der Waals surface area contributed by atoms with E-state index in [4.69, 9.17) is 28.4 Å². The van der Waals surface area contributed by atoms with Crippen molar-refractivity contribution in [2.45, 2.75) is 71.1 Å². The maximum Gasteiger partial charge on any atom is 0.338 e. The van der Waals surface area contributed by atoms with Crippen LogP contribution >= 0.6 is 0 Å². The molecule has 0 aliphatic heterocycles. The normalized spacial score (nSPS) is 10.9. The summed E-state index contributed by atoms with van der Waals surface area (Å²) in [5, 5.41) is 0. The molecule has 0 amide bonds. The van der Waals surface area contributed by atoms with Gasteiger partial charge in [-0.2, -0.15) is 0 Å². The summed E-state index contributed by atoms with van der Waals surface area (Å²) < 4.78 is 31.7. The highest BCUT2D eigenvalue weighted by atomic mass is 16.6. The largest absolute Gasteiger partial charge is 0.491 e. The standard InChI is InChI=1S/C28H46O8/c1-4-5-6-7-8-9-10-11-12-13-14-33-15-16-34-17-18-35-19-20-36-26-22-24(27(29)31-2)21-25(23-26)28(30)32-3/h21-23H,4-20H2,1-3H3. The number of hydrogen-bond acceptors (Lipinski definition) is 8. The molecule has 0 saturated carbocycles. The van der Waals surface area contributed by atoms with Gasteiger partial charge in [0.1, 0.15) is 12.4 Å². The Bertz CT molecular complexity index is 673. The summed E-state index contributed by atoms with van der Waals surface area (Å²) >= 11 is 0. The zero-order valence-electron chi connectivity index (χ0n) is 22.5. The van der Waals surface area contributed by atoms with E-state index < -0.39 is 11.9 Å². The molecule has 0 radical (unpaired) electrons. The number of carbonyl (C=O) groups is 2. The smallest absolute Gasteiger partial charge is 0.338 e. The Morgan fingerprint density at radius 3 is 1.44 bits per heavy atom. The quantitative estimate of drug-likeness (QED) is 0.139. The fourth-order valence-corrected chi connectivity index (χ4v) is 3.61. The molecule has 0 fully saturated rings. The fourth-order valence-electron chi connectivity index (χ4n) is 3.61. The number of methoxy groups -OCH3 is 2. The molecule has 1 rings (SSSR count). The first kappa shape index (κ1) is 31.9. The molecule has 1 aromatic rings. The van der Waals surface area contributed by atoms with E-state index >= 15 is 0 Å². The Kier molecular flexibility index (Phi) is 19.5. The number of hydrogen-bond donors (Lipinski definition) is 0. The lowest BCUT2D eigenvalue weighted by atomic mass is 10.1. The molecular weight excluding hydrogens is 464 g/mol. The van der Waals surface area contributed by atoms with Gasteiger partial charge in [0.2, 0.25) is 0 Å². The minimum absolute atomic E-state index is 0.208. The number of esters is 2. The van der Waals surface area contributed by atoms with E-state index in [9.17, 15) is 9.59 Å². The van der Waals surface area contributed by atoms with Crippen LogP contribution in [0, 0.1) is 0 Å². The van der Waals surface area contributed by atoms with Gasteiger partial charge in [-0.05, 0) is 24.6 Å². The third-order valence-corrected chi connectivity index (χ3v) is 5.63. The summed E-state index contributed by atoms with van der Waals surface area (Å²) in [6, 6.07) is 4.42. The van der Waals surface area contributed by atoms with Gasteiger partial charge in [-0.3, -0.25) is 0 Å². The molecule has 0 aliphatic rings. The molecule has 0 saturated heterocycles. The van der Waals surface area contributed by atoms with E-state index in [1.165, 1.54) is 90.2 Å². The molecule has 8 heteroatoms. The Morgan fingerprint density at radius 2 is 0.972 bits per heavy atom. The highest BCUT2D eigenvalue weighted by Gasteiger charge is 2.14. The summed E-state index contributed by atoms with van der Waals surface area (Å²) in [4.78, 5) is 23.6. The van der Waals surface area contributed by atoms with E-state index in [0.717, 1.165) is 13.0 Å². The van der Waals surface area contributed by atoms with Crippen molar-refractivity contribution in [1.29, 1.82) is 0 Å². The second-order valence-electron chi connectivity index (χ2n) is 8.60. The van der Waals surface area contributed by atoms with Gasteiger partial charge in [0.15, 0.2) is 0 Å². The Hall–Kier alpha value is -2.16. The summed E-state index contributed by atoms with van der Waals surface area (Å²) in [5.74, 6) is -0.768. The second kappa shape index (κ2) is 22.1. The Morgan fingerprint density at radius 1 is 0.556 bits per heavy atom. The fraction of sp³-hybridized carbons (Fsp3) is 0.714. The van der Waals surface area contributed by atoms with Crippen LogP contribution in [0.1, 0.15) is 91.8 Å². The molecule has 0 aliphatic carbocycles. The summed E-state index contributed by atoms with van der Waals surface area (Å²) in [7, 11) is 2.54. The number of benzene rings is 1. The topological polar surface area (TPSA) is 89.5 Å². The zero-order valence-corrected chi connectivity index (χ0v) is 22.5. The Labute approximate surface area is 216 Å². The van der Waals surface area contributed by atoms with Crippen LogP contribution in [-0.4, -0.2) is 72.4 Å². The van der Waals surface area contributed by atoms with Crippen LogP contribution in [0.25, 0.3) is 0 Å². The predicted molar refractivity (Wildman–Crippen MR) is 139 cm³/mol. The van der Waals surface area contributed by atoms with Crippen molar-refractivity contribution >= 4 is 11.9 Å². The van der Waals surface area contributed by atoms with Crippen molar-refractivity contribution in [3.05, 3.63) is 29.3 Å². The van der Waals surface area contributed by atoms with Crippen LogP contribution in [0.3, 0.4) is 0 Å². The van der Waals surface area contributed by atoms with Gasteiger partial charge in [0.25, 0.3) is 0 Å². The van der Waals surface area contributed by atoms with E-state index in [-0.39, 0.29) is 17.7 Å². The molecule has 0 bridgehead atoms. The van der Waals surface area contributed by atoms with Crippen molar-refractivity contribution in [1.82, 2.24) is 0 Å². The second-order valence-corrected chi connectivity index (χ2v) is 8.60. The lowest BCUT2D eigenvalue weighted by Crippen LogP contribution is -2.13. The summed E-state index contributed by atoms with van der Waals surface area (Å²) in [6.45, 7) is 5.72. The number of ether oxygens (including phenoxy) is 6. The maximum absolute atomic E-state index is 11.8. The monoisotopic (exact) mass is 510 g/mol. The van der Waals surface area contributed by atoms with Gasteiger partial charge in [-0.1, -0.05) is 64.7 Å². The highest BCUT2D eigenvalue weighted by molar-refractivity contribution is 5.96. The van der Waals surface area contributed by atoms with Crippen molar-refractivity contribution < 1.29 is 38.0 Å². The number of carbonyl (C=O) groups excluding carboxylic acids is 2. The predicted octanol–water partition coefficient (Wildman–Crippen LogP) is 5.61. The Balaban J connectivity index is 1.98. The van der Waals surface area contributed by atoms with E-state index in [0.29, 0.717) is 38.8 Å². The third kappa shape index (κ3) is 15.8. The van der Waals surface area contributed by atoms with Crippen LogP contribution in [-0.2, 0) is 23.7 Å². The highest BCUT2D eigenvalue weighted by Crippen LogP contribution is 2.19.